The van der Waals surface area contributed by atoms with Crippen LogP contribution in [0.2, 0.25) is 0 Å². The minimum Gasteiger partial charge on any atom is -0.394 e. The molecule has 3 atom stereocenters. The first-order valence-electron chi connectivity index (χ1n) is 5.32. The van der Waals surface area contributed by atoms with Gasteiger partial charge in [0, 0.05) is 10.5 Å². The van der Waals surface area contributed by atoms with E-state index in [1.807, 2.05) is 30.3 Å². The Morgan fingerprint density at radius 3 is 2.82 bits per heavy atom. The highest BCUT2D eigenvalue weighted by molar-refractivity contribution is 5.16. The lowest BCUT2D eigenvalue weighted by atomic mass is 10.1. The zero-order chi connectivity index (χ0) is 12.1. The highest BCUT2D eigenvalue weighted by Gasteiger charge is 2.31. The van der Waals surface area contributed by atoms with Crippen molar-refractivity contribution in [2.24, 2.45) is 5.11 Å². The molecule has 1 aromatic rings. The number of hydrogen-bond acceptors (Lipinski definition) is 4. The van der Waals surface area contributed by atoms with E-state index < -0.39 is 18.4 Å². The molecule has 1 aliphatic rings. The SMILES string of the molecule is [N-]=[N+]=N[C@H]1COC(c2ccccc2)O[C@@H]1CO. The third-order valence-corrected chi connectivity index (χ3v) is 2.60. The van der Waals surface area contributed by atoms with Gasteiger partial charge in [0.1, 0.15) is 0 Å². The molecule has 0 bridgehead atoms. The fraction of sp³-hybridized carbons (Fsp3) is 0.455. The normalized spacial score (nSPS) is 28.4. The van der Waals surface area contributed by atoms with Crippen LogP contribution < -0.4 is 0 Å². The Balaban J connectivity index is 2.08. The van der Waals surface area contributed by atoms with Crippen molar-refractivity contribution in [1.29, 1.82) is 0 Å². The predicted octanol–water partition coefficient (Wildman–Crippen LogP) is 1.77. The molecule has 6 heteroatoms. The van der Waals surface area contributed by atoms with Crippen LogP contribution in [-0.2, 0) is 9.47 Å². The Labute approximate surface area is 98.4 Å². The van der Waals surface area contributed by atoms with E-state index >= 15 is 0 Å². The van der Waals surface area contributed by atoms with Crippen molar-refractivity contribution < 1.29 is 14.6 Å². The van der Waals surface area contributed by atoms with Gasteiger partial charge in [-0.2, -0.15) is 0 Å². The summed E-state index contributed by atoms with van der Waals surface area (Å²) in [6.07, 6.45) is -1.04. The van der Waals surface area contributed by atoms with Crippen LogP contribution in [0.3, 0.4) is 0 Å². The van der Waals surface area contributed by atoms with E-state index in [1.165, 1.54) is 0 Å². The molecule has 6 nitrogen and oxygen atoms in total. The lowest BCUT2D eigenvalue weighted by Crippen LogP contribution is -2.41. The van der Waals surface area contributed by atoms with Crippen LogP contribution in [0, 0.1) is 0 Å². The zero-order valence-corrected chi connectivity index (χ0v) is 9.14. The van der Waals surface area contributed by atoms with Crippen molar-refractivity contribution in [3.63, 3.8) is 0 Å². The highest BCUT2D eigenvalue weighted by Crippen LogP contribution is 2.27. The molecule has 1 aliphatic heterocycles. The Kier molecular flexibility index (Phi) is 3.95. The van der Waals surface area contributed by atoms with Crippen molar-refractivity contribution in [3.05, 3.63) is 46.3 Å². The molecule has 0 aliphatic carbocycles. The van der Waals surface area contributed by atoms with Gasteiger partial charge in [-0.1, -0.05) is 35.4 Å². The molecule has 1 N–H and O–H groups in total. The van der Waals surface area contributed by atoms with E-state index in [1.54, 1.807) is 0 Å². The van der Waals surface area contributed by atoms with E-state index in [0.717, 1.165) is 5.56 Å². The summed E-state index contributed by atoms with van der Waals surface area (Å²) in [4.78, 5) is 2.71. The minimum atomic E-state index is -0.523. The standard InChI is InChI=1S/C11H13N3O3/c12-14-13-9-7-16-11(17-10(9)6-15)8-4-2-1-3-5-8/h1-5,9-11,15H,6-7H2/t9-,10+,11?/m0/s1. The summed E-state index contributed by atoms with van der Waals surface area (Å²) in [5.74, 6) is 0. The van der Waals surface area contributed by atoms with Gasteiger partial charge in [-0.15, -0.1) is 0 Å². The fourth-order valence-electron chi connectivity index (χ4n) is 1.71. The number of aliphatic hydroxyl groups excluding tert-OH is 1. The van der Waals surface area contributed by atoms with E-state index in [4.69, 9.17) is 15.0 Å². The monoisotopic (exact) mass is 235 g/mol. The number of rotatable bonds is 3. The van der Waals surface area contributed by atoms with Crippen molar-refractivity contribution in [3.8, 4) is 0 Å². The van der Waals surface area contributed by atoms with Crippen LogP contribution in [0.5, 0.6) is 0 Å². The van der Waals surface area contributed by atoms with Gasteiger partial charge in [0.15, 0.2) is 6.29 Å². The fourth-order valence-corrected chi connectivity index (χ4v) is 1.71. The summed E-state index contributed by atoms with van der Waals surface area (Å²) in [6, 6.07) is 8.95. The Morgan fingerprint density at radius 1 is 1.41 bits per heavy atom. The van der Waals surface area contributed by atoms with Crippen molar-refractivity contribution in [2.75, 3.05) is 13.2 Å². The molecule has 1 heterocycles. The summed E-state index contributed by atoms with van der Waals surface area (Å²) in [5.41, 5.74) is 9.26. The molecule has 0 spiro atoms. The minimum absolute atomic E-state index is 0.198. The third-order valence-electron chi connectivity index (χ3n) is 2.60. The van der Waals surface area contributed by atoms with E-state index in [2.05, 4.69) is 10.0 Å². The van der Waals surface area contributed by atoms with Crippen molar-refractivity contribution in [2.45, 2.75) is 18.4 Å². The first kappa shape index (κ1) is 11.9. The largest absolute Gasteiger partial charge is 0.394 e. The lowest BCUT2D eigenvalue weighted by molar-refractivity contribution is -0.231. The molecule has 1 unspecified atom stereocenters. The molecule has 2 rings (SSSR count). The molecular weight excluding hydrogens is 222 g/mol. The van der Waals surface area contributed by atoms with Gasteiger partial charge < -0.3 is 14.6 Å². The van der Waals surface area contributed by atoms with Crippen molar-refractivity contribution >= 4 is 0 Å². The second-order valence-electron chi connectivity index (χ2n) is 3.71. The maximum absolute atomic E-state index is 9.19. The summed E-state index contributed by atoms with van der Waals surface area (Å²) < 4.78 is 11.0. The quantitative estimate of drug-likeness (QED) is 0.492. The number of hydrogen-bond donors (Lipinski definition) is 1. The first-order valence-corrected chi connectivity index (χ1v) is 5.32. The summed E-state index contributed by atoms with van der Waals surface area (Å²) in [7, 11) is 0. The molecule has 0 aromatic heterocycles. The highest BCUT2D eigenvalue weighted by atomic mass is 16.7. The van der Waals surface area contributed by atoms with Gasteiger partial charge in [0.2, 0.25) is 0 Å². The van der Waals surface area contributed by atoms with Crippen LogP contribution >= 0.6 is 0 Å². The van der Waals surface area contributed by atoms with Gasteiger partial charge in [0.25, 0.3) is 0 Å². The molecule has 1 saturated heterocycles. The summed E-state index contributed by atoms with van der Waals surface area (Å²) >= 11 is 0. The summed E-state index contributed by atoms with van der Waals surface area (Å²) in [6.45, 7) is 0.0469. The number of azide groups is 1. The van der Waals surface area contributed by atoms with Gasteiger partial charge in [-0.05, 0) is 5.53 Å². The second kappa shape index (κ2) is 5.65. The van der Waals surface area contributed by atoms with Gasteiger partial charge >= 0.3 is 0 Å². The lowest BCUT2D eigenvalue weighted by Gasteiger charge is -2.33. The van der Waals surface area contributed by atoms with Crippen LogP contribution in [-0.4, -0.2) is 30.5 Å². The third kappa shape index (κ3) is 2.75. The molecule has 0 amide bonds. The molecule has 1 aromatic carbocycles. The molecule has 90 valence electrons. The molecule has 17 heavy (non-hydrogen) atoms. The molecule has 0 radical (unpaired) electrons. The molecular formula is C11H13N3O3. The maximum Gasteiger partial charge on any atom is 0.184 e. The van der Waals surface area contributed by atoms with Gasteiger partial charge in [0.05, 0.1) is 25.4 Å². The van der Waals surface area contributed by atoms with Crippen molar-refractivity contribution in [1.82, 2.24) is 0 Å². The van der Waals surface area contributed by atoms with Crippen LogP contribution in [0.25, 0.3) is 10.4 Å². The second-order valence-corrected chi connectivity index (χ2v) is 3.71. The number of nitrogens with zero attached hydrogens (tertiary/aromatic N) is 3. The summed E-state index contributed by atoms with van der Waals surface area (Å²) in [5, 5.41) is 12.7. The Bertz CT molecular complexity index is 406. The maximum atomic E-state index is 9.19. The van der Waals surface area contributed by atoms with Gasteiger partial charge in [-0.3, -0.25) is 0 Å². The van der Waals surface area contributed by atoms with Crippen LogP contribution in [0.15, 0.2) is 35.4 Å². The van der Waals surface area contributed by atoms with Crippen LogP contribution in [0.4, 0.5) is 0 Å². The average Bonchev–Trinajstić information content (AvgIpc) is 2.40. The van der Waals surface area contributed by atoms with E-state index in [0.29, 0.717) is 0 Å². The Morgan fingerprint density at radius 2 is 2.18 bits per heavy atom. The Hall–Kier alpha value is -1.59. The topological polar surface area (TPSA) is 87.5 Å². The zero-order valence-electron chi connectivity index (χ0n) is 9.14. The molecule has 0 saturated carbocycles. The van der Waals surface area contributed by atoms with E-state index in [9.17, 15) is 5.11 Å². The van der Waals surface area contributed by atoms with Gasteiger partial charge in [-0.25, -0.2) is 0 Å². The van der Waals surface area contributed by atoms with E-state index in [-0.39, 0.29) is 13.2 Å². The van der Waals surface area contributed by atoms with Crippen LogP contribution in [0.1, 0.15) is 11.9 Å². The average molecular weight is 235 g/mol. The number of benzene rings is 1. The molecule has 1 fully saturated rings. The number of ether oxygens (including phenoxy) is 2. The first-order chi connectivity index (χ1) is 8.35. The predicted molar refractivity (Wildman–Crippen MR) is 60.0 cm³/mol. The number of aliphatic hydroxyl groups is 1. The smallest absolute Gasteiger partial charge is 0.184 e.